The van der Waals surface area contributed by atoms with Crippen LogP contribution in [0.5, 0.6) is 11.5 Å². The molecule has 118 valence electrons. The predicted molar refractivity (Wildman–Crippen MR) is 83.7 cm³/mol. The van der Waals surface area contributed by atoms with Gasteiger partial charge in [0, 0.05) is 6.07 Å². The van der Waals surface area contributed by atoms with Crippen LogP contribution in [0.4, 0.5) is 0 Å². The summed E-state index contributed by atoms with van der Waals surface area (Å²) in [7, 11) is -2.79. The molecule has 1 fully saturated rings. The molecule has 1 aliphatic rings. The highest BCUT2D eigenvalue weighted by Crippen LogP contribution is 2.23. The zero-order valence-corrected chi connectivity index (χ0v) is 13.4. The van der Waals surface area contributed by atoms with Crippen LogP contribution in [-0.4, -0.2) is 33.1 Å². The number of hydrogen-bond donors (Lipinski definition) is 0. The lowest BCUT2D eigenvalue weighted by atomic mass is 10.0. The van der Waals surface area contributed by atoms with E-state index in [4.69, 9.17) is 9.47 Å². The number of rotatable bonds is 7. The van der Waals surface area contributed by atoms with Gasteiger partial charge in [0.25, 0.3) is 0 Å². The molecular weight excluding hydrogens is 288 g/mol. The molecule has 2 rings (SSSR count). The minimum atomic E-state index is -2.79. The summed E-state index contributed by atoms with van der Waals surface area (Å²) in [6.07, 6.45) is 3.56. The molecule has 1 aromatic rings. The molecule has 0 unspecified atom stereocenters. The molecule has 0 aromatic heterocycles. The number of hydrogen-bond acceptors (Lipinski definition) is 4. The first-order valence-electron chi connectivity index (χ1n) is 7.65. The summed E-state index contributed by atoms with van der Waals surface area (Å²) in [6, 6.07) is 7.65. The second-order valence-electron chi connectivity index (χ2n) is 5.58. The van der Waals surface area contributed by atoms with Crippen LogP contribution in [0.15, 0.2) is 24.3 Å². The van der Waals surface area contributed by atoms with Crippen LogP contribution in [0.2, 0.25) is 0 Å². The first-order valence-corrected chi connectivity index (χ1v) is 9.47. The molecule has 0 saturated carbocycles. The summed E-state index contributed by atoms with van der Waals surface area (Å²) in [5.74, 6) is 2.53. The smallest absolute Gasteiger partial charge is 0.150 e. The van der Waals surface area contributed by atoms with Gasteiger partial charge in [-0.25, -0.2) is 8.42 Å². The van der Waals surface area contributed by atoms with Crippen molar-refractivity contribution < 1.29 is 17.9 Å². The van der Waals surface area contributed by atoms with Crippen molar-refractivity contribution in [1.82, 2.24) is 0 Å². The summed E-state index contributed by atoms with van der Waals surface area (Å²) in [5.41, 5.74) is 0. The molecule has 0 aliphatic carbocycles. The van der Waals surface area contributed by atoms with Crippen LogP contribution in [0, 0.1) is 5.92 Å². The Morgan fingerprint density at radius 2 is 1.81 bits per heavy atom. The maximum atomic E-state index is 11.4. The Balaban J connectivity index is 1.79. The number of benzene rings is 1. The molecule has 0 radical (unpaired) electrons. The molecule has 1 saturated heterocycles. The maximum Gasteiger partial charge on any atom is 0.150 e. The van der Waals surface area contributed by atoms with E-state index in [0.717, 1.165) is 30.9 Å². The van der Waals surface area contributed by atoms with E-state index in [9.17, 15) is 8.42 Å². The standard InChI is InChI=1S/C16H24O4S/c1-2-3-9-19-15-5-4-6-16(12-15)20-13-14-7-10-21(17,18)11-8-14/h4-6,12,14H,2-3,7-11,13H2,1H3. The Labute approximate surface area is 127 Å². The lowest BCUT2D eigenvalue weighted by Crippen LogP contribution is -2.26. The van der Waals surface area contributed by atoms with Crippen LogP contribution in [0.3, 0.4) is 0 Å². The van der Waals surface area contributed by atoms with Crippen molar-refractivity contribution in [3.63, 3.8) is 0 Å². The molecule has 0 N–H and O–H groups in total. The Kier molecular flexibility index (Phi) is 5.91. The second-order valence-corrected chi connectivity index (χ2v) is 7.89. The van der Waals surface area contributed by atoms with E-state index in [-0.39, 0.29) is 0 Å². The van der Waals surface area contributed by atoms with Gasteiger partial charge in [0.2, 0.25) is 0 Å². The van der Waals surface area contributed by atoms with Gasteiger partial charge in [-0.2, -0.15) is 0 Å². The Morgan fingerprint density at radius 3 is 2.48 bits per heavy atom. The van der Waals surface area contributed by atoms with Crippen molar-refractivity contribution >= 4 is 9.84 Å². The fourth-order valence-corrected chi connectivity index (χ4v) is 3.90. The highest BCUT2D eigenvalue weighted by molar-refractivity contribution is 7.91. The van der Waals surface area contributed by atoms with Crippen LogP contribution in [0.1, 0.15) is 32.6 Å². The fraction of sp³-hybridized carbons (Fsp3) is 0.625. The summed E-state index contributed by atoms with van der Waals surface area (Å²) in [6.45, 7) is 3.43. The molecule has 0 atom stereocenters. The van der Waals surface area contributed by atoms with E-state index in [2.05, 4.69) is 6.92 Å². The van der Waals surface area contributed by atoms with Crippen LogP contribution < -0.4 is 9.47 Å². The van der Waals surface area contributed by atoms with E-state index in [1.807, 2.05) is 24.3 Å². The third-order valence-corrected chi connectivity index (χ3v) is 5.45. The van der Waals surface area contributed by atoms with Crippen LogP contribution >= 0.6 is 0 Å². The molecule has 5 heteroatoms. The van der Waals surface area contributed by atoms with Gasteiger partial charge in [-0.15, -0.1) is 0 Å². The molecule has 1 aromatic carbocycles. The van der Waals surface area contributed by atoms with Gasteiger partial charge in [-0.1, -0.05) is 19.4 Å². The Hall–Kier alpha value is -1.23. The van der Waals surface area contributed by atoms with Crippen molar-refractivity contribution in [3.05, 3.63) is 24.3 Å². The van der Waals surface area contributed by atoms with E-state index < -0.39 is 9.84 Å². The minimum Gasteiger partial charge on any atom is -0.493 e. The van der Waals surface area contributed by atoms with Gasteiger partial charge < -0.3 is 9.47 Å². The third-order valence-electron chi connectivity index (χ3n) is 3.73. The normalized spacial score (nSPS) is 18.3. The lowest BCUT2D eigenvalue weighted by Gasteiger charge is -2.22. The van der Waals surface area contributed by atoms with Gasteiger partial charge in [-0.05, 0) is 37.3 Å². The number of ether oxygens (including phenoxy) is 2. The van der Waals surface area contributed by atoms with Gasteiger partial charge in [0.15, 0.2) is 0 Å². The van der Waals surface area contributed by atoms with Crippen molar-refractivity contribution in [3.8, 4) is 11.5 Å². The Bertz CT molecular complexity index is 525. The minimum absolute atomic E-state index is 0.293. The van der Waals surface area contributed by atoms with Crippen molar-refractivity contribution in [2.24, 2.45) is 5.92 Å². The molecule has 21 heavy (non-hydrogen) atoms. The first-order chi connectivity index (χ1) is 10.1. The van der Waals surface area contributed by atoms with Crippen molar-refractivity contribution in [2.75, 3.05) is 24.7 Å². The quantitative estimate of drug-likeness (QED) is 0.726. The fourth-order valence-electron chi connectivity index (χ4n) is 2.31. The Morgan fingerprint density at radius 1 is 1.14 bits per heavy atom. The lowest BCUT2D eigenvalue weighted by molar-refractivity contribution is 0.236. The summed E-state index contributed by atoms with van der Waals surface area (Å²) < 4.78 is 34.2. The number of sulfone groups is 1. The van der Waals surface area contributed by atoms with Gasteiger partial charge in [-0.3, -0.25) is 0 Å². The van der Waals surface area contributed by atoms with E-state index in [1.54, 1.807) is 0 Å². The van der Waals surface area contributed by atoms with Gasteiger partial charge >= 0.3 is 0 Å². The zero-order valence-electron chi connectivity index (χ0n) is 12.6. The van der Waals surface area contributed by atoms with Crippen LogP contribution in [-0.2, 0) is 9.84 Å². The van der Waals surface area contributed by atoms with Crippen LogP contribution in [0.25, 0.3) is 0 Å². The molecule has 1 aliphatic heterocycles. The maximum absolute atomic E-state index is 11.4. The van der Waals surface area contributed by atoms with E-state index in [1.165, 1.54) is 0 Å². The predicted octanol–water partition coefficient (Wildman–Crippen LogP) is 3.07. The average Bonchev–Trinajstić information content (AvgIpc) is 2.47. The monoisotopic (exact) mass is 312 g/mol. The number of unbranched alkanes of at least 4 members (excludes halogenated alkanes) is 1. The summed E-state index contributed by atoms with van der Waals surface area (Å²) in [4.78, 5) is 0. The summed E-state index contributed by atoms with van der Waals surface area (Å²) >= 11 is 0. The highest BCUT2D eigenvalue weighted by Gasteiger charge is 2.23. The molecule has 1 heterocycles. The third kappa shape index (κ3) is 5.58. The zero-order chi connectivity index (χ0) is 15.1. The van der Waals surface area contributed by atoms with E-state index in [0.29, 0.717) is 36.9 Å². The van der Waals surface area contributed by atoms with E-state index >= 15 is 0 Å². The molecular formula is C16H24O4S. The second kappa shape index (κ2) is 7.69. The first kappa shape index (κ1) is 16.1. The molecule has 0 amide bonds. The topological polar surface area (TPSA) is 52.6 Å². The highest BCUT2D eigenvalue weighted by atomic mass is 32.2. The van der Waals surface area contributed by atoms with Gasteiger partial charge in [0.05, 0.1) is 24.7 Å². The molecule has 0 bridgehead atoms. The van der Waals surface area contributed by atoms with Crippen molar-refractivity contribution in [2.45, 2.75) is 32.6 Å². The molecule has 0 spiro atoms. The SMILES string of the molecule is CCCCOc1cccc(OCC2CCS(=O)(=O)CC2)c1. The van der Waals surface area contributed by atoms with Crippen molar-refractivity contribution in [1.29, 1.82) is 0 Å². The summed E-state index contributed by atoms with van der Waals surface area (Å²) in [5, 5.41) is 0. The molecule has 4 nitrogen and oxygen atoms in total. The average molecular weight is 312 g/mol. The largest absolute Gasteiger partial charge is 0.493 e. The van der Waals surface area contributed by atoms with Gasteiger partial charge in [0.1, 0.15) is 21.3 Å².